The average Bonchev–Trinajstić information content (AvgIpc) is 2.89. The van der Waals surface area contributed by atoms with Crippen LogP contribution in [0.3, 0.4) is 0 Å². The normalized spacial score (nSPS) is 18.0. The fourth-order valence-electron chi connectivity index (χ4n) is 4.03. The van der Waals surface area contributed by atoms with Crippen LogP contribution in [0.15, 0.2) is 36.9 Å². The second kappa shape index (κ2) is 10.9. The van der Waals surface area contributed by atoms with Crippen LogP contribution in [-0.2, 0) is 9.53 Å². The van der Waals surface area contributed by atoms with Crippen LogP contribution in [0.1, 0.15) is 33.7 Å². The topological polar surface area (TPSA) is 156 Å². The molecule has 0 saturated carbocycles. The Morgan fingerprint density at radius 2 is 1.83 bits per heavy atom. The summed E-state index contributed by atoms with van der Waals surface area (Å²) in [6.45, 7) is 6.86. The molecule has 2 saturated heterocycles. The predicted molar refractivity (Wildman–Crippen MR) is 128 cm³/mol. The van der Waals surface area contributed by atoms with Gasteiger partial charge in [-0.1, -0.05) is 6.58 Å². The molecule has 1 unspecified atom stereocenters. The van der Waals surface area contributed by atoms with Crippen LogP contribution < -0.4 is 16.4 Å². The summed E-state index contributed by atoms with van der Waals surface area (Å²) in [7, 11) is 0. The number of nitrogens with one attached hydrogen (secondary N) is 2. The molecule has 0 aliphatic carbocycles. The van der Waals surface area contributed by atoms with Crippen LogP contribution in [0.25, 0.3) is 0 Å². The van der Waals surface area contributed by atoms with Crippen LogP contribution in [0, 0.1) is 0 Å². The molecule has 35 heavy (non-hydrogen) atoms. The highest BCUT2D eigenvalue weighted by atomic mass is 16.5. The average molecular weight is 481 g/mol. The van der Waals surface area contributed by atoms with Crippen LogP contribution >= 0.6 is 0 Å². The standard InChI is InChI=1S/C23H28N8O4/c1-2-18(32)31-9-3-4-17(14-31)26-23-27-21(19(20(24)33)28-29-23)25-16-7-5-15(6-8-16)22(34)30-10-12-35-13-11-30/h2,5-8,17H,1,3-4,9-14H2,(H2,24,33)(H2,25,26,27,29). The first-order chi connectivity index (χ1) is 16.9. The molecule has 1 aromatic carbocycles. The molecule has 0 spiro atoms. The number of aromatic nitrogens is 3. The van der Waals surface area contributed by atoms with Crippen molar-refractivity contribution in [3.05, 3.63) is 48.2 Å². The minimum Gasteiger partial charge on any atom is -0.378 e. The van der Waals surface area contributed by atoms with Gasteiger partial charge in [0.05, 0.1) is 13.2 Å². The number of morpholine rings is 1. The van der Waals surface area contributed by atoms with Gasteiger partial charge in [-0.3, -0.25) is 14.4 Å². The number of primary amides is 1. The van der Waals surface area contributed by atoms with Crippen molar-refractivity contribution in [3.8, 4) is 0 Å². The number of amides is 3. The van der Waals surface area contributed by atoms with Crippen LogP contribution in [0.5, 0.6) is 0 Å². The Bertz CT molecular complexity index is 1100. The molecular formula is C23H28N8O4. The fourth-order valence-corrected chi connectivity index (χ4v) is 4.03. The Balaban J connectivity index is 1.47. The highest BCUT2D eigenvalue weighted by molar-refractivity contribution is 5.97. The van der Waals surface area contributed by atoms with Gasteiger partial charge in [0.2, 0.25) is 11.9 Å². The number of hydrogen-bond donors (Lipinski definition) is 3. The first-order valence-corrected chi connectivity index (χ1v) is 11.4. The van der Waals surface area contributed by atoms with Crippen molar-refractivity contribution >= 4 is 35.2 Å². The highest BCUT2D eigenvalue weighted by Crippen LogP contribution is 2.21. The van der Waals surface area contributed by atoms with Crippen LogP contribution in [0.2, 0.25) is 0 Å². The van der Waals surface area contributed by atoms with E-state index in [-0.39, 0.29) is 35.3 Å². The molecule has 1 atom stereocenters. The molecular weight excluding hydrogens is 452 g/mol. The minimum absolute atomic E-state index is 0.0654. The molecule has 12 nitrogen and oxygen atoms in total. The number of hydrogen-bond acceptors (Lipinski definition) is 9. The zero-order valence-electron chi connectivity index (χ0n) is 19.3. The summed E-state index contributed by atoms with van der Waals surface area (Å²) in [4.78, 5) is 44.3. The quantitative estimate of drug-likeness (QED) is 0.487. The van der Waals surface area contributed by atoms with Crippen molar-refractivity contribution in [3.63, 3.8) is 0 Å². The van der Waals surface area contributed by atoms with E-state index in [0.29, 0.717) is 50.6 Å². The molecule has 4 rings (SSSR count). The van der Waals surface area contributed by atoms with Crippen molar-refractivity contribution in [1.29, 1.82) is 0 Å². The molecule has 4 N–H and O–H groups in total. The number of ether oxygens (including phenoxy) is 1. The molecule has 1 aromatic heterocycles. The molecule has 2 aliphatic rings. The summed E-state index contributed by atoms with van der Waals surface area (Å²) in [5, 5.41) is 14.1. The molecule has 2 fully saturated rings. The first kappa shape index (κ1) is 24.1. The fraction of sp³-hybridized carbons (Fsp3) is 0.391. The molecule has 0 radical (unpaired) electrons. The lowest BCUT2D eigenvalue weighted by Crippen LogP contribution is -2.44. The van der Waals surface area contributed by atoms with Gasteiger partial charge in [0.15, 0.2) is 11.5 Å². The second-order valence-corrected chi connectivity index (χ2v) is 8.28. The maximum absolute atomic E-state index is 12.7. The summed E-state index contributed by atoms with van der Waals surface area (Å²) >= 11 is 0. The van der Waals surface area contributed by atoms with E-state index in [1.54, 1.807) is 34.1 Å². The van der Waals surface area contributed by atoms with Gasteiger partial charge in [-0.2, -0.15) is 4.98 Å². The summed E-state index contributed by atoms with van der Waals surface area (Å²) in [5.41, 5.74) is 6.49. The van der Waals surface area contributed by atoms with Crippen LogP contribution in [-0.4, -0.2) is 88.1 Å². The Morgan fingerprint density at radius 3 is 2.51 bits per heavy atom. The number of piperidine rings is 1. The predicted octanol–water partition coefficient (Wildman–Crippen LogP) is 0.775. The van der Waals surface area contributed by atoms with Crippen molar-refractivity contribution in [2.45, 2.75) is 18.9 Å². The van der Waals surface area contributed by atoms with Gasteiger partial charge in [-0.25, -0.2) is 0 Å². The second-order valence-electron chi connectivity index (χ2n) is 8.28. The number of carbonyl (C=O) groups excluding carboxylic acids is 3. The molecule has 2 aliphatic heterocycles. The third-order valence-electron chi connectivity index (χ3n) is 5.85. The van der Waals surface area contributed by atoms with Crippen molar-refractivity contribution in [2.24, 2.45) is 5.73 Å². The Morgan fingerprint density at radius 1 is 1.09 bits per heavy atom. The third kappa shape index (κ3) is 5.90. The lowest BCUT2D eigenvalue weighted by molar-refractivity contribution is -0.127. The summed E-state index contributed by atoms with van der Waals surface area (Å²) in [5.74, 6) is -0.632. The monoisotopic (exact) mass is 480 g/mol. The van der Waals surface area contributed by atoms with Gasteiger partial charge in [0.25, 0.3) is 11.8 Å². The Hall–Kier alpha value is -4.06. The van der Waals surface area contributed by atoms with E-state index in [1.807, 2.05) is 0 Å². The van der Waals surface area contributed by atoms with Gasteiger partial charge in [-0.05, 0) is 43.2 Å². The van der Waals surface area contributed by atoms with E-state index in [0.717, 1.165) is 12.8 Å². The Kier molecular flexibility index (Phi) is 7.51. The van der Waals surface area contributed by atoms with E-state index in [4.69, 9.17) is 10.5 Å². The first-order valence-electron chi connectivity index (χ1n) is 11.4. The zero-order valence-corrected chi connectivity index (χ0v) is 19.3. The van der Waals surface area contributed by atoms with E-state index in [2.05, 4.69) is 32.4 Å². The van der Waals surface area contributed by atoms with Crippen molar-refractivity contribution < 1.29 is 19.1 Å². The number of nitrogens with two attached hydrogens (primary N) is 1. The number of nitrogens with zero attached hydrogens (tertiary/aromatic N) is 5. The largest absolute Gasteiger partial charge is 0.378 e. The number of anilines is 3. The summed E-state index contributed by atoms with van der Waals surface area (Å²) in [6.07, 6.45) is 2.94. The zero-order chi connectivity index (χ0) is 24.8. The maximum atomic E-state index is 12.7. The number of rotatable bonds is 7. The smallest absolute Gasteiger partial charge is 0.273 e. The van der Waals surface area contributed by atoms with Gasteiger partial charge >= 0.3 is 0 Å². The SMILES string of the molecule is C=CC(=O)N1CCCC(Nc2nnc(C(N)=O)c(Nc3ccc(C(=O)N4CCOCC4)cc3)n2)C1. The number of carbonyl (C=O) groups is 3. The maximum Gasteiger partial charge on any atom is 0.273 e. The van der Waals surface area contributed by atoms with Crippen molar-refractivity contribution in [2.75, 3.05) is 50.0 Å². The van der Waals surface area contributed by atoms with E-state index in [9.17, 15) is 14.4 Å². The lowest BCUT2D eigenvalue weighted by Gasteiger charge is -2.32. The molecule has 184 valence electrons. The van der Waals surface area contributed by atoms with Gasteiger partial charge in [0, 0.05) is 43.5 Å². The minimum atomic E-state index is -0.779. The number of likely N-dealkylation sites (tertiary alicyclic amines) is 1. The molecule has 2 aromatic rings. The summed E-state index contributed by atoms with van der Waals surface area (Å²) in [6, 6.07) is 6.75. The van der Waals surface area contributed by atoms with E-state index < -0.39 is 5.91 Å². The van der Waals surface area contributed by atoms with E-state index in [1.165, 1.54) is 6.08 Å². The van der Waals surface area contributed by atoms with Gasteiger partial charge < -0.3 is 30.9 Å². The molecule has 12 heteroatoms. The molecule has 3 amide bonds. The highest BCUT2D eigenvalue weighted by Gasteiger charge is 2.24. The number of benzene rings is 1. The van der Waals surface area contributed by atoms with Crippen LogP contribution in [0.4, 0.5) is 17.5 Å². The molecule has 0 bridgehead atoms. The summed E-state index contributed by atoms with van der Waals surface area (Å²) < 4.78 is 5.29. The van der Waals surface area contributed by atoms with Gasteiger partial charge in [-0.15, -0.1) is 10.2 Å². The Labute approximate surface area is 202 Å². The van der Waals surface area contributed by atoms with Gasteiger partial charge in [0.1, 0.15) is 0 Å². The third-order valence-corrected chi connectivity index (χ3v) is 5.85. The lowest BCUT2D eigenvalue weighted by atomic mass is 10.1. The van der Waals surface area contributed by atoms with Crippen molar-refractivity contribution in [1.82, 2.24) is 25.0 Å². The molecule has 3 heterocycles. The van der Waals surface area contributed by atoms with E-state index >= 15 is 0 Å².